The van der Waals surface area contributed by atoms with E-state index in [9.17, 15) is 4.79 Å². The molecule has 3 aromatic rings. The van der Waals surface area contributed by atoms with Gasteiger partial charge in [-0.25, -0.2) is 4.68 Å². The van der Waals surface area contributed by atoms with Gasteiger partial charge in [0.25, 0.3) is 5.91 Å². The Morgan fingerprint density at radius 3 is 2.62 bits per heavy atom. The van der Waals surface area contributed by atoms with Crippen LogP contribution in [0.4, 0.5) is 0 Å². The van der Waals surface area contributed by atoms with Gasteiger partial charge in [-0.1, -0.05) is 28.9 Å². The van der Waals surface area contributed by atoms with Crippen molar-refractivity contribution in [1.82, 2.24) is 24.8 Å². The highest BCUT2D eigenvalue weighted by Crippen LogP contribution is 2.27. The molecule has 0 aliphatic carbocycles. The van der Waals surface area contributed by atoms with E-state index in [-0.39, 0.29) is 5.91 Å². The fourth-order valence-electron chi connectivity index (χ4n) is 4.50. The standard InChI is InChI=1S/C25H28ClN5O3/c1-29-15-18-2-5-22(6-3-18)34-17-20-16-31(28-27-20)12-13-33-24-7-4-19(26)14-23(24)25(32)30-10-8-21(29)9-11-30/h2-7,14,16,21H,8-13,15,17H2,1H3. The summed E-state index contributed by atoms with van der Waals surface area (Å²) in [7, 11) is 2.15. The number of benzene rings is 2. The van der Waals surface area contributed by atoms with Crippen molar-refractivity contribution in [3.05, 3.63) is 70.5 Å². The number of piperidine rings is 1. The van der Waals surface area contributed by atoms with Crippen molar-refractivity contribution in [3.63, 3.8) is 0 Å². The van der Waals surface area contributed by atoms with E-state index in [0.717, 1.165) is 30.8 Å². The lowest BCUT2D eigenvalue weighted by atomic mass is 10.0. The highest BCUT2D eigenvalue weighted by molar-refractivity contribution is 6.31. The summed E-state index contributed by atoms with van der Waals surface area (Å²) < 4.78 is 13.6. The van der Waals surface area contributed by atoms with E-state index >= 15 is 0 Å². The molecule has 7 rings (SSSR count). The molecular weight excluding hydrogens is 454 g/mol. The average molecular weight is 482 g/mol. The summed E-state index contributed by atoms with van der Waals surface area (Å²) in [6, 6.07) is 13.8. The van der Waals surface area contributed by atoms with Crippen LogP contribution in [-0.2, 0) is 19.7 Å². The summed E-state index contributed by atoms with van der Waals surface area (Å²) in [5, 5.41) is 8.84. The number of amides is 1. The van der Waals surface area contributed by atoms with Gasteiger partial charge < -0.3 is 14.4 Å². The molecule has 0 spiro atoms. The molecule has 1 saturated heterocycles. The first-order chi connectivity index (χ1) is 16.5. The number of aromatic nitrogens is 3. The van der Waals surface area contributed by atoms with Gasteiger partial charge in [-0.15, -0.1) is 5.10 Å². The van der Waals surface area contributed by atoms with Gasteiger partial charge in [-0.3, -0.25) is 9.69 Å². The molecule has 178 valence electrons. The van der Waals surface area contributed by atoms with Gasteiger partial charge >= 0.3 is 0 Å². The van der Waals surface area contributed by atoms with Crippen molar-refractivity contribution < 1.29 is 14.3 Å². The van der Waals surface area contributed by atoms with Gasteiger partial charge in [-0.2, -0.15) is 0 Å². The Labute approximate surface area is 204 Å². The van der Waals surface area contributed by atoms with E-state index in [1.165, 1.54) is 5.56 Å². The van der Waals surface area contributed by atoms with Crippen LogP contribution in [0.1, 0.15) is 34.5 Å². The topological polar surface area (TPSA) is 72.7 Å². The minimum atomic E-state index is -0.0414. The predicted molar refractivity (Wildman–Crippen MR) is 128 cm³/mol. The van der Waals surface area contributed by atoms with E-state index in [0.29, 0.717) is 55.2 Å². The third-order valence-electron chi connectivity index (χ3n) is 6.45. The highest BCUT2D eigenvalue weighted by Gasteiger charge is 2.27. The van der Waals surface area contributed by atoms with Gasteiger partial charge in [0.1, 0.15) is 30.4 Å². The molecule has 6 bridgehead atoms. The smallest absolute Gasteiger partial charge is 0.257 e. The summed E-state index contributed by atoms with van der Waals surface area (Å²) in [5.41, 5.74) is 2.46. The van der Waals surface area contributed by atoms with E-state index in [1.807, 2.05) is 23.2 Å². The summed E-state index contributed by atoms with van der Waals surface area (Å²) >= 11 is 6.23. The molecule has 0 saturated carbocycles. The van der Waals surface area contributed by atoms with Gasteiger partial charge in [0, 0.05) is 30.7 Å². The molecule has 34 heavy (non-hydrogen) atoms. The third-order valence-corrected chi connectivity index (χ3v) is 6.69. The van der Waals surface area contributed by atoms with Gasteiger partial charge in [0.15, 0.2) is 0 Å². The van der Waals surface area contributed by atoms with Gasteiger partial charge in [0.2, 0.25) is 0 Å². The number of ether oxygens (including phenoxy) is 2. The number of nitrogens with zero attached hydrogens (tertiary/aromatic N) is 5. The Hall–Kier alpha value is -3.10. The van der Waals surface area contributed by atoms with E-state index in [2.05, 4.69) is 34.4 Å². The third kappa shape index (κ3) is 5.18. The number of fused-ring (bicyclic) bond motifs is 2. The second-order valence-corrected chi connectivity index (χ2v) is 9.27. The second-order valence-electron chi connectivity index (χ2n) is 8.83. The molecular formula is C25H28ClN5O3. The molecule has 2 aromatic carbocycles. The number of carbonyl (C=O) groups is 1. The highest BCUT2D eigenvalue weighted by atomic mass is 35.5. The molecule has 9 heteroatoms. The molecule has 0 N–H and O–H groups in total. The fourth-order valence-corrected chi connectivity index (χ4v) is 4.68. The number of hydrogen-bond acceptors (Lipinski definition) is 6. The number of rotatable bonds is 0. The molecule has 4 aliphatic rings. The zero-order chi connectivity index (χ0) is 23.5. The molecule has 0 atom stereocenters. The molecule has 5 heterocycles. The lowest BCUT2D eigenvalue weighted by Crippen LogP contribution is -2.45. The van der Waals surface area contributed by atoms with Crippen LogP contribution in [0.3, 0.4) is 0 Å². The Morgan fingerprint density at radius 1 is 1.03 bits per heavy atom. The van der Waals surface area contributed by atoms with Crippen molar-refractivity contribution >= 4 is 17.5 Å². The summed E-state index contributed by atoms with van der Waals surface area (Å²) in [6.07, 6.45) is 3.69. The maximum atomic E-state index is 13.4. The van der Waals surface area contributed by atoms with Crippen LogP contribution in [0.5, 0.6) is 11.5 Å². The van der Waals surface area contributed by atoms with Crippen LogP contribution >= 0.6 is 11.6 Å². The van der Waals surface area contributed by atoms with Gasteiger partial charge in [0.05, 0.1) is 18.3 Å². The van der Waals surface area contributed by atoms with Gasteiger partial charge in [-0.05, 0) is 55.8 Å². The summed E-state index contributed by atoms with van der Waals surface area (Å²) in [5.74, 6) is 1.29. The Bertz CT molecular complexity index is 1140. The lowest BCUT2D eigenvalue weighted by molar-refractivity contribution is 0.0635. The number of halogens is 1. The Kier molecular flexibility index (Phi) is 6.69. The SMILES string of the molecule is CN1Cc2ccc(cc2)OCc2cn(nn2)CCOc2ccc(Cl)cc2C(=O)N2CCC1CC2. The minimum absolute atomic E-state index is 0.0414. The van der Waals surface area contributed by atoms with Crippen molar-refractivity contribution in [2.24, 2.45) is 0 Å². The Morgan fingerprint density at radius 2 is 1.82 bits per heavy atom. The van der Waals surface area contributed by atoms with Crippen molar-refractivity contribution in [3.8, 4) is 11.5 Å². The predicted octanol–water partition coefficient (Wildman–Crippen LogP) is 3.64. The molecule has 4 aliphatic heterocycles. The van der Waals surface area contributed by atoms with E-state index < -0.39 is 0 Å². The first-order valence-corrected chi connectivity index (χ1v) is 12.0. The molecule has 0 unspecified atom stereocenters. The normalized spacial score (nSPS) is 18.2. The molecule has 1 aromatic heterocycles. The lowest BCUT2D eigenvalue weighted by Gasteiger charge is -2.37. The zero-order valence-corrected chi connectivity index (χ0v) is 19.9. The maximum absolute atomic E-state index is 13.4. The zero-order valence-electron chi connectivity index (χ0n) is 19.2. The molecule has 1 amide bonds. The number of carbonyl (C=O) groups excluding carboxylic acids is 1. The van der Waals surface area contributed by atoms with Crippen LogP contribution < -0.4 is 9.47 Å². The average Bonchev–Trinajstić information content (AvgIpc) is 3.31. The fraction of sp³-hybridized carbons (Fsp3) is 0.400. The van der Waals surface area contributed by atoms with Crippen LogP contribution in [0.15, 0.2) is 48.7 Å². The van der Waals surface area contributed by atoms with Crippen molar-refractivity contribution in [1.29, 1.82) is 0 Å². The van der Waals surface area contributed by atoms with E-state index in [1.54, 1.807) is 22.9 Å². The van der Waals surface area contributed by atoms with E-state index in [4.69, 9.17) is 21.1 Å². The monoisotopic (exact) mass is 481 g/mol. The Balaban J connectivity index is 1.39. The molecule has 1 fully saturated rings. The van der Waals surface area contributed by atoms with Crippen LogP contribution in [0.2, 0.25) is 5.02 Å². The maximum Gasteiger partial charge on any atom is 0.257 e. The first kappa shape index (κ1) is 22.7. The van der Waals surface area contributed by atoms with Crippen LogP contribution in [-0.4, -0.2) is 63.5 Å². The second kappa shape index (κ2) is 10.0. The molecule has 0 radical (unpaired) electrons. The van der Waals surface area contributed by atoms with Crippen LogP contribution in [0, 0.1) is 0 Å². The first-order valence-electron chi connectivity index (χ1n) is 11.6. The summed E-state index contributed by atoms with van der Waals surface area (Å²) in [4.78, 5) is 17.6. The van der Waals surface area contributed by atoms with Crippen LogP contribution in [0.25, 0.3) is 0 Å². The number of hydrogen-bond donors (Lipinski definition) is 0. The summed E-state index contributed by atoms with van der Waals surface area (Å²) in [6.45, 7) is 3.44. The quantitative estimate of drug-likeness (QED) is 0.488. The van der Waals surface area contributed by atoms with Crippen molar-refractivity contribution in [2.75, 3.05) is 26.7 Å². The largest absolute Gasteiger partial charge is 0.491 e. The molecule has 8 nitrogen and oxygen atoms in total. The minimum Gasteiger partial charge on any atom is -0.491 e. The van der Waals surface area contributed by atoms with Crippen molar-refractivity contribution in [2.45, 2.75) is 38.6 Å².